The highest BCUT2D eigenvalue weighted by Crippen LogP contribution is 2.47. The normalized spacial score (nSPS) is 20.8. The second-order valence-corrected chi connectivity index (χ2v) is 19.5. The van der Waals surface area contributed by atoms with Gasteiger partial charge in [-0.1, -0.05) is 154 Å². The lowest BCUT2D eigenvalue weighted by Crippen LogP contribution is -2.30. The van der Waals surface area contributed by atoms with Crippen LogP contribution in [0.15, 0.2) is 131 Å². The highest BCUT2D eigenvalue weighted by molar-refractivity contribution is 9.10. The molecule has 3 aromatic carbocycles. The third-order valence-corrected chi connectivity index (χ3v) is 14.3. The molecule has 3 N–H and O–H groups in total. The van der Waals surface area contributed by atoms with Gasteiger partial charge in [-0.05, 0) is 117 Å². The van der Waals surface area contributed by atoms with Gasteiger partial charge in [0.1, 0.15) is 14.4 Å². The average Bonchev–Trinajstić information content (AvgIpc) is 4.06. The number of aliphatic imine (C=N–C) groups is 2. The Labute approximate surface area is 360 Å². The predicted molar refractivity (Wildman–Crippen MR) is 250 cm³/mol. The van der Waals surface area contributed by atoms with Crippen molar-refractivity contribution in [3.63, 3.8) is 0 Å². The fourth-order valence-corrected chi connectivity index (χ4v) is 9.40. The van der Waals surface area contributed by atoms with E-state index in [0.717, 1.165) is 68.0 Å². The summed E-state index contributed by atoms with van der Waals surface area (Å²) in [5.41, 5.74) is 17.2. The van der Waals surface area contributed by atoms with Crippen molar-refractivity contribution in [2.24, 2.45) is 9.98 Å². The summed E-state index contributed by atoms with van der Waals surface area (Å²) in [6, 6.07) is 37.7. The van der Waals surface area contributed by atoms with Crippen molar-refractivity contribution in [1.82, 2.24) is 15.0 Å². The topological polar surface area (TPSA) is 72.1 Å². The minimum Gasteiger partial charge on any atom is -0.357 e. The minimum absolute atomic E-state index is 0.364. The first-order chi connectivity index (χ1) is 27.7. The molecule has 0 radical (unpaired) electrons. The summed E-state index contributed by atoms with van der Waals surface area (Å²) in [7, 11) is 0. The molecule has 5 heterocycles. The van der Waals surface area contributed by atoms with Gasteiger partial charge in [-0.2, -0.15) is 0 Å². The van der Waals surface area contributed by atoms with Crippen LogP contribution >= 0.6 is 31.9 Å². The van der Waals surface area contributed by atoms with Crippen LogP contribution in [0.1, 0.15) is 152 Å². The van der Waals surface area contributed by atoms with Crippen molar-refractivity contribution < 1.29 is 0 Å². The zero-order chi connectivity index (χ0) is 40.9. The van der Waals surface area contributed by atoms with Gasteiger partial charge in [-0.3, -0.25) is 9.98 Å². The third kappa shape index (κ3) is 7.41. The Balaban J connectivity index is 1.39. The molecule has 0 saturated carbocycles. The Bertz CT molecular complexity index is 2540. The Morgan fingerprint density at radius 1 is 0.552 bits per heavy atom. The number of fused-ring (bicyclic) bond motifs is 7. The summed E-state index contributed by atoms with van der Waals surface area (Å²) >= 11 is 8.78. The maximum atomic E-state index is 5.36. The van der Waals surface area contributed by atoms with E-state index in [9.17, 15) is 0 Å². The Morgan fingerprint density at radius 2 is 1.03 bits per heavy atom. The number of aromatic nitrogens is 3. The summed E-state index contributed by atoms with van der Waals surface area (Å²) in [5, 5.41) is 0. The number of hydrogen-bond donors (Lipinski definition) is 3. The summed E-state index contributed by atoms with van der Waals surface area (Å²) in [6.07, 6.45) is 6.42. The van der Waals surface area contributed by atoms with E-state index < -0.39 is 8.65 Å². The highest BCUT2D eigenvalue weighted by Gasteiger charge is 2.41. The van der Waals surface area contributed by atoms with Gasteiger partial charge >= 0.3 is 0 Å². The first-order valence-electron chi connectivity index (χ1n) is 20.6. The number of rotatable bonds is 8. The van der Waals surface area contributed by atoms with E-state index in [1.54, 1.807) is 0 Å². The number of hydrogen-bond acceptors (Lipinski definition) is 2. The molecule has 5 nitrogen and oxygen atoms in total. The summed E-state index contributed by atoms with van der Waals surface area (Å²) in [6.45, 7) is 18.7. The van der Waals surface area contributed by atoms with Crippen LogP contribution in [0.25, 0.3) is 6.08 Å². The molecule has 0 saturated heterocycles. The third-order valence-electron chi connectivity index (χ3n) is 11.7. The average molecular weight is 896 g/mol. The Morgan fingerprint density at radius 3 is 1.57 bits per heavy atom. The summed E-state index contributed by atoms with van der Waals surface area (Å²) in [5.74, 6) is 1.47. The molecule has 2 unspecified atom stereocenters. The molecule has 0 spiro atoms. The van der Waals surface area contributed by atoms with Crippen molar-refractivity contribution in [2.45, 2.75) is 94.3 Å². The second-order valence-electron chi connectivity index (χ2n) is 17.2. The predicted octanol–water partition coefficient (Wildman–Crippen LogP) is 13.9. The van der Waals surface area contributed by atoms with Crippen molar-refractivity contribution in [2.75, 3.05) is 0 Å². The van der Waals surface area contributed by atoms with E-state index in [1.165, 1.54) is 22.3 Å². The first kappa shape index (κ1) is 40.1. The molecule has 3 aromatic heterocycles. The molecule has 0 amide bonds. The molecule has 0 aliphatic carbocycles. The highest BCUT2D eigenvalue weighted by atomic mass is 79.9. The van der Waals surface area contributed by atoms with Crippen LogP contribution in [0.3, 0.4) is 0 Å². The van der Waals surface area contributed by atoms with Crippen LogP contribution in [-0.4, -0.2) is 26.4 Å². The molecule has 2 aliphatic rings. The van der Waals surface area contributed by atoms with E-state index in [1.807, 2.05) is 6.07 Å². The van der Waals surface area contributed by atoms with Crippen LogP contribution in [0, 0.1) is 0 Å². The van der Waals surface area contributed by atoms with E-state index in [2.05, 4.69) is 217 Å². The number of nitrogens with zero attached hydrogens (tertiary/aromatic N) is 2. The molecule has 2 aliphatic heterocycles. The zero-order valence-electron chi connectivity index (χ0n) is 34.7. The molecule has 296 valence electrons. The Kier molecular flexibility index (Phi) is 10.9. The van der Waals surface area contributed by atoms with Crippen LogP contribution in [0.2, 0.25) is 0 Å². The van der Waals surface area contributed by atoms with Crippen LogP contribution in [-0.2, 0) is 15.2 Å². The van der Waals surface area contributed by atoms with E-state index in [4.69, 9.17) is 9.98 Å². The fourth-order valence-electron chi connectivity index (χ4n) is 8.03. The lowest BCUT2D eigenvalue weighted by Gasteiger charge is -2.29. The maximum Gasteiger partial charge on any atom is 0.132 e. The monoisotopic (exact) mass is 893 g/mol. The zero-order valence-corrected chi connectivity index (χ0v) is 37.9. The van der Waals surface area contributed by atoms with Crippen molar-refractivity contribution in [1.29, 1.82) is 0 Å². The number of benzene rings is 3. The molecule has 2 atom stereocenters. The SMILES string of the molecule is CC(C)c1cc(C(C)C)cc(C2(Br)C3=N/C(=C\c4ccc([nH]4)C(Br)(c4cc(C(C)C)cc(C(C)C)c4)c4ccc([nH]4)C(=NCc4ccccc4)c4ccc2[nH]4)C=C3)c1. The standard InChI is InChI=1S/C51H53Br2N5/c1-30(2)35-22-36(31(3)4)25-39(24-35)50(52)45-18-14-41(55-45)28-42-15-19-46(56-42)51(53,40-26-37(32(5)6)23-38(27-40)33(7)8)48-21-17-44(58-48)49(43-16-20-47(50)57-43)54-29-34-12-10-9-11-13-34/h9-28,30-33,55,57-58H,29H2,1-8H3/b42-28-,54-49?. The smallest absolute Gasteiger partial charge is 0.132 e. The summed E-state index contributed by atoms with van der Waals surface area (Å²) in [4.78, 5) is 22.3. The molecular weight excluding hydrogens is 842 g/mol. The Hall–Kier alpha value is -4.72. The largest absolute Gasteiger partial charge is 0.357 e. The van der Waals surface area contributed by atoms with E-state index >= 15 is 0 Å². The molecule has 7 heteroatoms. The number of H-pyrrole nitrogens is 3. The van der Waals surface area contributed by atoms with Crippen molar-refractivity contribution in [3.05, 3.63) is 194 Å². The fraction of sp³-hybridized carbons (Fsp3) is 0.294. The van der Waals surface area contributed by atoms with Gasteiger partial charge in [-0.25, -0.2) is 0 Å². The van der Waals surface area contributed by atoms with Gasteiger partial charge in [0.15, 0.2) is 0 Å². The van der Waals surface area contributed by atoms with Crippen LogP contribution in [0.4, 0.5) is 0 Å². The van der Waals surface area contributed by atoms with Crippen molar-refractivity contribution >= 4 is 49.4 Å². The van der Waals surface area contributed by atoms with Gasteiger partial charge < -0.3 is 15.0 Å². The van der Waals surface area contributed by atoms with E-state index in [-0.39, 0.29) is 0 Å². The molecule has 58 heavy (non-hydrogen) atoms. The lowest BCUT2D eigenvalue weighted by atomic mass is 9.85. The van der Waals surface area contributed by atoms with Gasteiger partial charge in [-0.15, -0.1) is 0 Å². The van der Waals surface area contributed by atoms with Gasteiger partial charge in [0, 0.05) is 22.8 Å². The van der Waals surface area contributed by atoms with Gasteiger partial charge in [0.05, 0.1) is 29.3 Å². The van der Waals surface area contributed by atoms with Gasteiger partial charge in [0.2, 0.25) is 0 Å². The molecule has 6 aromatic rings. The maximum absolute atomic E-state index is 5.36. The first-order valence-corrected chi connectivity index (χ1v) is 22.2. The summed E-state index contributed by atoms with van der Waals surface area (Å²) < 4.78 is -1.49. The quantitative estimate of drug-likeness (QED) is 0.127. The second kappa shape index (κ2) is 15.8. The van der Waals surface area contributed by atoms with Crippen LogP contribution in [0.5, 0.6) is 0 Å². The van der Waals surface area contributed by atoms with Gasteiger partial charge in [0.25, 0.3) is 0 Å². The molecule has 8 bridgehead atoms. The number of nitrogens with one attached hydrogen (secondary N) is 3. The molecule has 8 rings (SSSR count). The van der Waals surface area contributed by atoms with E-state index in [0.29, 0.717) is 30.2 Å². The number of aromatic amines is 3. The minimum atomic E-state index is -0.768. The van der Waals surface area contributed by atoms with Crippen molar-refractivity contribution in [3.8, 4) is 0 Å². The molecular formula is C51H53Br2N5. The number of alkyl halides is 2. The lowest BCUT2D eigenvalue weighted by molar-refractivity contribution is 0.798. The van der Waals surface area contributed by atoms with Crippen LogP contribution < -0.4 is 0 Å². The molecule has 0 fully saturated rings. The number of halogens is 2. The number of allylic oxidation sites excluding steroid dienone is 2.